The molecule has 9 heteroatoms. The molecule has 3 heterocycles. The van der Waals surface area contributed by atoms with Gasteiger partial charge < -0.3 is 15.4 Å². The van der Waals surface area contributed by atoms with Gasteiger partial charge in [-0.1, -0.05) is 6.92 Å². The number of nitrogens with zero attached hydrogens (tertiary/aromatic N) is 2. The molecule has 7 nitrogen and oxygen atoms in total. The third-order valence-electron chi connectivity index (χ3n) is 4.97. The maximum Gasteiger partial charge on any atom is 0.259 e. The van der Waals surface area contributed by atoms with Crippen molar-refractivity contribution in [3.05, 3.63) is 37.7 Å². The minimum atomic E-state index is -0.174. The monoisotopic (exact) mass is 418 g/mol. The number of aromatic amines is 1. The maximum atomic E-state index is 12.6. The smallest absolute Gasteiger partial charge is 0.259 e. The molecule has 0 bridgehead atoms. The van der Waals surface area contributed by atoms with Gasteiger partial charge in [-0.05, 0) is 30.7 Å². The second kappa shape index (κ2) is 8.10. The van der Waals surface area contributed by atoms with Gasteiger partial charge in [-0.2, -0.15) is 0 Å². The van der Waals surface area contributed by atoms with Crippen molar-refractivity contribution in [1.29, 1.82) is 0 Å². The van der Waals surface area contributed by atoms with Crippen LogP contribution in [-0.2, 0) is 30.5 Å². The largest absolute Gasteiger partial charge is 0.396 e. The number of aliphatic hydroxyl groups is 1. The van der Waals surface area contributed by atoms with E-state index in [0.717, 1.165) is 35.2 Å². The van der Waals surface area contributed by atoms with Crippen LogP contribution in [0.25, 0.3) is 10.2 Å². The van der Waals surface area contributed by atoms with Gasteiger partial charge in [0.1, 0.15) is 10.7 Å². The van der Waals surface area contributed by atoms with Crippen molar-refractivity contribution < 1.29 is 9.90 Å². The fourth-order valence-electron chi connectivity index (χ4n) is 3.52. The van der Waals surface area contributed by atoms with E-state index >= 15 is 0 Å². The molecule has 1 unspecified atom stereocenters. The number of carbonyl (C=O) groups excluding carboxylic acids is 1. The number of thiophene rings is 1. The van der Waals surface area contributed by atoms with Gasteiger partial charge in [0.05, 0.1) is 11.1 Å². The minimum absolute atomic E-state index is 0.0314. The number of fused-ring (bicyclic) bond motifs is 3. The summed E-state index contributed by atoms with van der Waals surface area (Å²) in [5, 5.41) is 14.8. The Labute approximate surface area is 169 Å². The maximum absolute atomic E-state index is 12.6. The molecule has 28 heavy (non-hydrogen) atoms. The van der Waals surface area contributed by atoms with E-state index in [9.17, 15) is 9.59 Å². The predicted molar refractivity (Wildman–Crippen MR) is 111 cm³/mol. The molecule has 0 aromatic carbocycles. The number of carbonyl (C=O) groups is 1. The van der Waals surface area contributed by atoms with E-state index in [2.05, 4.69) is 27.2 Å². The summed E-state index contributed by atoms with van der Waals surface area (Å²) in [5.41, 5.74) is 1.83. The fraction of sp³-hybridized carbons (Fsp3) is 0.474. The molecule has 0 saturated heterocycles. The number of aromatic nitrogens is 3. The lowest BCUT2D eigenvalue weighted by Crippen LogP contribution is -2.17. The lowest BCUT2D eigenvalue weighted by atomic mass is 9.89. The normalized spacial score (nSPS) is 16.3. The molecule has 3 aromatic rings. The summed E-state index contributed by atoms with van der Waals surface area (Å²) in [4.78, 5) is 38.6. The highest BCUT2D eigenvalue weighted by Gasteiger charge is 2.23. The lowest BCUT2D eigenvalue weighted by molar-refractivity contribution is -0.116. The number of hydrogen-bond donors (Lipinski definition) is 3. The molecular formula is C19H22N4O3S2. The Morgan fingerprint density at radius 2 is 2.25 bits per heavy atom. The van der Waals surface area contributed by atoms with Crippen LogP contribution in [0.4, 0.5) is 5.13 Å². The average Bonchev–Trinajstić information content (AvgIpc) is 3.23. The van der Waals surface area contributed by atoms with Crippen LogP contribution in [0, 0.1) is 5.92 Å². The number of nitrogens with one attached hydrogen (secondary N) is 2. The van der Waals surface area contributed by atoms with Crippen LogP contribution in [0.5, 0.6) is 0 Å². The van der Waals surface area contributed by atoms with E-state index in [1.54, 1.807) is 11.3 Å². The SMILES string of the molecule is CC1CCc2c(sc3nc(CCC(=O)Nc4nc(CCO)cs4)[nH]c(=O)c23)C1. The Kier molecular flexibility index (Phi) is 5.56. The van der Waals surface area contributed by atoms with Crippen LogP contribution in [0.1, 0.15) is 41.7 Å². The Hall–Kier alpha value is -2.10. The van der Waals surface area contributed by atoms with Crippen molar-refractivity contribution in [1.82, 2.24) is 15.0 Å². The number of hydrogen-bond acceptors (Lipinski definition) is 7. The van der Waals surface area contributed by atoms with Crippen LogP contribution in [0.15, 0.2) is 10.2 Å². The van der Waals surface area contributed by atoms with Crippen molar-refractivity contribution in [2.24, 2.45) is 5.92 Å². The molecule has 3 aromatic heterocycles. The van der Waals surface area contributed by atoms with Crippen LogP contribution >= 0.6 is 22.7 Å². The molecule has 4 rings (SSSR count). The van der Waals surface area contributed by atoms with E-state index in [4.69, 9.17) is 5.11 Å². The number of aryl methyl sites for hydroxylation is 2. The van der Waals surface area contributed by atoms with E-state index < -0.39 is 0 Å². The van der Waals surface area contributed by atoms with Crippen molar-refractivity contribution in [3.8, 4) is 0 Å². The second-order valence-corrected chi connectivity index (χ2v) is 9.15. The first-order valence-corrected chi connectivity index (χ1v) is 11.1. The van der Waals surface area contributed by atoms with Gasteiger partial charge in [0, 0.05) is 36.1 Å². The summed E-state index contributed by atoms with van der Waals surface area (Å²) in [5.74, 6) is 1.01. The Balaban J connectivity index is 1.44. The molecule has 148 valence electrons. The Morgan fingerprint density at radius 1 is 1.39 bits per heavy atom. The first-order valence-electron chi connectivity index (χ1n) is 9.42. The standard InChI is InChI=1S/C19H22N4O3S2/c1-10-2-3-12-13(8-10)28-18-16(12)17(26)21-14(22-18)4-5-15(25)23-19-20-11(6-7-24)9-27-19/h9-10,24H,2-8H2,1H3,(H,20,23,25)(H,21,22,26). The summed E-state index contributed by atoms with van der Waals surface area (Å²) in [6.07, 6.45) is 4.11. The molecule has 3 N–H and O–H groups in total. The number of thiazole rings is 1. The zero-order valence-electron chi connectivity index (χ0n) is 15.6. The predicted octanol–water partition coefficient (Wildman–Crippen LogP) is 2.67. The van der Waals surface area contributed by atoms with Gasteiger partial charge >= 0.3 is 0 Å². The van der Waals surface area contributed by atoms with Crippen LogP contribution in [0.3, 0.4) is 0 Å². The zero-order valence-corrected chi connectivity index (χ0v) is 17.2. The van der Waals surface area contributed by atoms with E-state index in [0.29, 0.717) is 29.7 Å². The number of H-pyrrole nitrogens is 1. The second-order valence-electron chi connectivity index (χ2n) is 7.21. The summed E-state index contributed by atoms with van der Waals surface area (Å²) >= 11 is 2.95. The average molecular weight is 419 g/mol. The van der Waals surface area contributed by atoms with Gasteiger partial charge in [0.15, 0.2) is 5.13 Å². The first-order chi connectivity index (χ1) is 13.5. The van der Waals surface area contributed by atoms with E-state index in [-0.39, 0.29) is 24.5 Å². The summed E-state index contributed by atoms with van der Waals surface area (Å²) in [7, 11) is 0. The van der Waals surface area contributed by atoms with Crippen molar-refractivity contribution >= 4 is 43.9 Å². The molecule has 0 spiro atoms. The first kappa shape index (κ1) is 19.2. The molecule has 0 aliphatic heterocycles. The molecule has 0 fully saturated rings. The molecule has 1 atom stereocenters. The minimum Gasteiger partial charge on any atom is -0.396 e. The Morgan fingerprint density at radius 3 is 3.07 bits per heavy atom. The van der Waals surface area contributed by atoms with Crippen LogP contribution in [0.2, 0.25) is 0 Å². The summed E-state index contributed by atoms with van der Waals surface area (Å²) in [6.45, 7) is 2.27. The third-order valence-corrected chi connectivity index (χ3v) is 6.92. The summed E-state index contributed by atoms with van der Waals surface area (Å²) < 4.78 is 0. The van der Waals surface area contributed by atoms with Crippen molar-refractivity contribution in [2.45, 2.75) is 45.4 Å². The molecule has 0 radical (unpaired) electrons. The van der Waals surface area contributed by atoms with Gasteiger partial charge in [-0.3, -0.25) is 9.59 Å². The van der Waals surface area contributed by atoms with E-state index in [1.165, 1.54) is 21.8 Å². The Bertz CT molecular complexity index is 1070. The lowest BCUT2D eigenvalue weighted by Gasteiger charge is -2.17. The van der Waals surface area contributed by atoms with Gasteiger partial charge in [-0.25, -0.2) is 9.97 Å². The van der Waals surface area contributed by atoms with Crippen LogP contribution in [-0.4, -0.2) is 32.6 Å². The highest BCUT2D eigenvalue weighted by atomic mass is 32.1. The zero-order chi connectivity index (χ0) is 19.7. The summed E-state index contributed by atoms with van der Waals surface area (Å²) in [6, 6.07) is 0. The molecule has 1 amide bonds. The highest BCUT2D eigenvalue weighted by Crippen LogP contribution is 2.35. The van der Waals surface area contributed by atoms with Crippen molar-refractivity contribution in [3.63, 3.8) is 0 Å². The van der Waals surface area contributed by atoms with Crippen LogP contribution < -0.4 is 10.9 Å². The van der Waals surface area contributed by atoms with Gasteiger partial charge in [0.25, 0.3) is 5.56 Å². The molecular weight excluding hydrogens is 396 g/mol. The van der Waals surface area contributed by atoms with Gasteiger partial charge in [0.2, 0.25) is 5.91 Å². The number of aliphatic hydroxyl groups excluding tert-OH is 1. The third kappa shape index (κ3) is 4.01. The molecule has 1 aliphatic rings. The quantitative estimate of drug-likeness (QED) is 0.570. The number of anilines is 1. The molecule has 0 saturated carbocycles. The topological polar surface area (TPSA) is 108 Å². The van der Waals surface area contributed by atoms with Gasteiger partial charge in [-0.15, -0.1) is 22.7 Å². The number of amides is 1. The molecule has 1 aliphatic carbocycles. The highest BCUT2D eigenvalue weighted by molar-refractivity contribution is 7.18. The van der Waals surface area contributed by atoms with E-state index in [1.807, 2.05) is 5.38 Å². The fourth-order valence-corrected chi connectivity index (χ4v) is 5.68. The number of rotatable bonds is 6. The van der Waals surface area contributed by atoms with Crippen molar-refractivity contribution in [2.75, 3.05) is 11.9 Å².